The number of carbonyl (C=O) groups is 1. The Labute approximate surface area is 132 Å². The molecule has 22 heavy (non-hydrogen) atoms. The van der Waals surface area contributed by atoms with E-state index in [0.717, 1.165) is 0 Å². The van der Waals surface area contributed by atoms with Crippen molar-refractivity contribution < 1.29 is 4.79 Å². The summed E-state index contributed by atoms with van der Waals surface area (Å²) in [6.07, 6.45) is 1.48. The molecule has 0 atom stereocenters. The number of rotatable bonds is 4. The van der Waals surface area contributed by atoms with Crippen molar-refractivity contribution in [3.63, 3.8) is 0 Å². The highest BCUT2D eigenvalue weighted by Gasteiger charge is 2.18. The van der Waals surface area contributed by atoms with E-state index in [2.05, 4.69) is 28.5 Å². The fourth-order valence-electron chi connectivity index (χ4n) is 2.18. The standard InChI is InChI=1S/C15H15N5OS/c1-11-7-8-22-14(11)9-19(2)15(21)12-5-3-4-6-13(12)20-10-16-17-18-20/h3-8,10H,9H2,1-2H3. The summed E-state index contributed by atoms with van der Waals surface area (Å²) in [5.74, 6) is -0.0566. The first-order valence-electron chi connectivity index (χ1n) is 6.77. The maximum Gasteiger partial charge on any atom is 0.256 e. The van der Waals surface area contributed by atoms with Crippen LogP contribution in [-0.4, -0.2) is 38.1 Å². The highest BCUT2D eigenvalue weighted by Crippen LogP contribution is 2.20. The van der Waals surface area contributed by atoms with Crippen molar-refractivity contribution in [1.82, 2.24) is 25.1 Å². The third-order valence-electron chi connectivity index (χ3n) is 3.43. The SMILES string of the molecule is Cc1ccsc1CN(C)C(=O)c1ccccc1-n1cnnn1. The molecule has 0 aliphatic carbocycles. The van der Waals surface area contributed by atoms with Gasteiger partial charge in [-0.2, -0.15) is 4.68 Å². The molecule has 2 aromatic heterocycles. The van der Waals surface area contributed by atoms with E-state index in [1.807, 2.05) is 23.6 Å². The summed E-state index contributed by atoms with van der Waals surface area (Å²) in [4.78, 5) is 15.6. The van der Waals surface area contributed by atoms with Crippen LogP contribution in [0.4, 0.5) is 0 Å². The predicted molar refractivity (Wildman–Crippen MR) is 84.0 cm³/mol. The summed E-state index contributed by atoms with van der Waals surface area (Å²) in [7, 11) is 1.80. The van der Waals surface area contributed by atoms with Crippen LogP contribution in [0, 0.1) is 6.92 Å². The maximum atomic E-state index is 12.7. The van der Waals surface area contributed by atoms with Crippen molar-refractivity contribution in [3.05, 3.63) is 58.0 Å². The monoisotopic (exact) mass is 313 g/mol. The molecule has 2 heterocycles. The van der Waals surface area contributed by atoms with Gasteiger partial charge in [-0.25, -0.2) is 0 Å². The fourth-order valence-corrected chi connectivity index (χ4v) is 3.14. The molecule has 0 aliphatic rings. The number of nitrogens with zero attached hydrogens (tertiary/aromatic N) is 5. The van der Waals surface area contributed by atoms with Crippen LogP contribution in [0.3, 0.4) is 0 Å². The van der Waals surface area contributed by atoms with Gasteiger partial charge in [-0.05, 0) is 46.5 Å². The highest BCUT2D eigenvalue weighted by atomic mass is 32.1. The second-order valence-electron chi connectivity index (χ2n) is 4.96. The Morgan fingerprint density at radius 3 is 2.82 bits per heavy atom. The minimum absolute atomic E-state index is 0.0566. The maximum absolute atomic E-state index is 12.7. The fraction of sp³-hybridized carbons (Fsp3) is 0.200. The Balaban J connectivity index is 1.88. The Hall–Kier alpha value is -2.54. The van der Waals surface area contributed by atoms with Crippen molar-refractivity contribution in [3.8, 4) is 5.69 Å². The van der Waals surface area contributed by atoms with E-state index in [9.17, 15) is 4.79 Å². The second-order valence-corrected chi connectivity index (χ2v) is 5.96. The first-order chi connectivity index (χ1) is 10.7. The molecular formula is C15H15N5OS. The lowest BCUT2D eigenvalue weighted by Gasteiger charge is -2.18. The Morgan fingerprint density at radius 1 is 1.32 bits per heavy atom. The summed E-state index contributed by atoms with van der Waals surface area (Å²) in [6, 6.07) is 9.38. The van der Waals surface area contributed by atoms with Crippen molar-refractivity contribution in [2.45, 2.75) is 13.5 Å². The topological polar surface area (TPSA) is 63.9 Å². The molecule has 7 heteroatoms. The van der Waals surface area contributed by atoms with Crippen LogP contribution in [-0.2, 0) is 6.54 Å². The summed E-state index contributed by atoms with van der Waals surface area (Å²) >= 11 is 1.66. The molecule has 112 valence electrons. The van der Waals surface area contributed by atoms with Crippen molar-refractivity contribution >= 4 is 17.2 Å². The molecule has 0 fully saturated rings. The van der Waals surface area contributed by atoms with Gasteiger partial charge >= 0.3 is 0 Å². The molecule has 6 nitrogen and oxygen atoms in total. The van der Waals surface area contributed by atoms with E-state index < -0.39 is 0 Å². The van der Waals surface area contributed by atoms with Gasteiger partial charge in [0.1, 0.15) is 6.33 Å². The third-order valence-corrected chi connectivity index (χ3v) is 4.43. The third kappa shape index (κ3) is 2.75. The molecule has 0 radical (unpaired) electrons. The zero-order chi connectivity index (χ0) is 15.5. The number of thiophene rings is 1. The molecule has 1 aromatic carbocycles. The van der Waals surface area contributed by atoms with Crippen LogP contribution in [0.5, 0.6) is 0 Å². The van der Waals surface area contributed by atoms with Gasteiger partial charge in [0, 0.05) is 11.9 Å². The van der Waals surface area contributed by atoms with Gasteiger partial charge in [0.25, 0.3) is 5.91 Å². The average molecular weight is 313 g/mol. The first kappa shape index (κ1) is 14.4. The molecule has 0 N–H and O–H groups in total. The van der Waals surface area contributed by atoms with Crippen molar-refractivity contribution in [1.29, 1.82) is 0 Å². The zero-order valence-corrected chi connectivity index (χ0v) is 13.1. The lowest BCUT2D eigenvalue weighted by Crippen LogP contribution is -2.27. The molecule has 0 saturated carbocycles. The van der Waals surface area contributed by atoms with Gasteiger partial charge in [0.15, 0.2) is 0 Å². The van der Waals surface area contributed by atoms with Crippen LogP contribution < -0.4 is 0 Å². The quantitative estimate of drug-likeness (QED) is 0.741. The molecule has 0 unspecified atom stereocenters. The van der Waals surface area contributed by atoms with Crippen molar-refractivity contribution in [2.24, 2.45) is 0 Å². The second kappa shape index (κ2) is 6.07. The van der Waals surface area contributed by atoms with Gasteiger partial charge in [-0.15, -0.1) is 16.4 Å². The number of tetrazole rings is 1. The van der Waals surface area contributed by atoms with E-state index in [0.29, 0.717) is 17.8 Å². The van der Waals surface area contributed by atoms with E-state index in [1.54, 1.807) is 29.4 Å². The van der Waals surface area contributed by atoms with Crippen LogP contribution in [0.2, 0.25) is 0 Å². The number of amides is 1. The van der Waals surface area contributed by atoms with Gasteiger partial charge in [-0.3, -0.25) is 4.79 Å². The molecule has 0 spiro atoms. The first-order valence-corrected chi connectivity index (χ1v) is 7.65. The minimum atomic E-state index is -0.0566. The summed E-state index contributed by atoms with van der Waals surface area (Å²) in [5, 5.41) is 13.2. The number of para-hydroxylation sites is 1. The number of aromatic nitrogens is 4. The van der Waals surface area contributed by atoms with Crippen LogP contribution in [0.25, 0.3) is 5.69 Å². The smallest absolute Gasteiger partial charge is 0.256 e. The predicted octanol–water partition coefficient (Wildman–Crippen LogP) is 2.30. The minimum Gasteiger partial charge on any atom is -0.336 e. The summed E-state index contributed by atoms with van der Waals surface area (Å²) in [5.41, 5.74) is 2.46. The number of hydrogen-bond acceptors (Lipinski definition) is 5. The van der Waals surface area contributed by atoms with Crippen LogP contribution in [0.15, 0.2) is 42.0 Å². The molecular weight excluding hydrogens is 298 g/mol. The number of carbonyl (C=O) groups excluding carboxylic acids is 1. The van der Waals surface area contributed by atoms with E-state index >= 15 is 0 Å². The highest BCUT2D eigenvalue weighted by molar-refractivity contribution is 7.10. The Bertz CT molecular complexity index is 781. The molecule has 0 saturated heterocycles. The molecule has 0 aliphatic heterocycles. The molecule has 0 bridgehead atoms. The number of benzene rings is 1. The molecule has 3 rings (SSSR count). The summed E-state index contributed by atoms with van der Waals surface area (Å²) in [6.45, 7) is 2.64. The van der Waals surface area contributed by atoms with Gasteiger partial charge < -0.3 is 4.90 Å². The van der Waals surface area contributed by atoms with E-state index in [-0.39, 0.29) is 5.91 Å². The molecule has 3 aromatic rings. The number of hydrogen-bond donors (Lipinski definition) is 0. The average Bonchev–Trinajstić information content (AvgIpc) is 3.19. The van der Waals surface area contributed by atoms with Gasteiger partial charge in [0.05, 0.1) is 17.8 Å². The zero-order valence-electron chi connectivity index (χ0n) is 12.3. The summed E-state index contributed by atoms with van der Waals surface area (Å²) < 4.78 is 1.50. The van der Waals surface area contributed by atoms with Gasteiger partial charge in [-0.1, -0.05) is 12.1 Å². The van der Waals surface area contributed by atoms with Gasteiger partial charge in [0.2, 0.25) is 0 Å². The van der Waals surface area contributed by atoms with Crippen LogP contribution >= 0.6 is 11.3 Å². The molecule has 1 amide bonds. The lowest BCUT2D eigenvalue weighted by molar-refractivity contribution is 0.0786. The Morgan fingerprint density at radius 2 is 2.14 bits per heavy atom. The van der Waals surface area contributed by atoms with E-state index in [1.165, 1.54) is 21.4 Å². The largest absolute Gasteiger partial charge is 0.336 e. The normalized spacial score (nSPS) is 10.6. The van der Waals surface area contributed by atoms with E-state index in [4.69, 9.17) is 0 Å². The Kier molecular flexibility index (Phi) is 3.97. The number of aryl methyl sites for hydroxylation is 1. The van der Waals surface area contributed by atoms with Crippen molar-refractivity contribution in [2.75, 3.05) is 7.05 Å². The van der Waals surface area contributed by atoms with Crippen LogP contribution in [0.1, 0.15) is 20.8 Å². The lowest BCUT2D eigenvalue weighted by atomic mass is 10.1.